The molecule has 0 fully saturated rings. The molecule has 0 N–H and O–H groups in total. The second-order valence-corrected chi connectivity index (χ2v) is 2.32. The van der Waals surface area contributed by atoms with Crippen molar-refractivity contribution in [1.82, 2.24) is 9.78 Å². The fraction of sp³-hybridized carbons (Fsp3) is 0. The van der Waals surface area contributed by atoms with Crippen molar-refractivity contribution >= 4 is 12.3 Å². The Hall–Kier alpha value is -1.77. The molecule has 0 amide bonds. The summed E-state index contributed by atoms with van der Waals surface area (Å²) >= 11 is 0. The second-order valence-electron chi connectivity index (χ2n) is 2.32. The predicted molar refractivity (Wildman–Crippen MR) is 46.2 cm³/mol. The average Bonchev–Trinajstić information content (AvgIpc) is 2.74. The Labute approximate surface area is 69.9 Å². The van der Waals surface area contributed by atoms with Gasteiger partial charge in [0.2, 0.25) is 0 Å². The van der Waals surface area contributed by atoms with Gasteiger partial charge in [0.15, 0.2) is 0 Å². The molecule has 3 nitrogen and oxygen atoms in total. The van der Waals surface area contributed by atoms with Crippen molar-refractivity contribution in [1.29, 1.82) is 0 Å². The topological polar surface area (TPSA) is 31.0 Å². The molecule has 0 aromatic carbocycles. The number of nitrogens with zero attached hydrogens (tertiary/aromatic N) is 2. The average molecular weight is 160 g/mol. The Morgan fingerprint density at radius 2 is 2.42 bits per heavy atom. The van der Waals surface area contributed by atoms with E-state index in [1.807, 2.05) is 36.7 Å². The third-order valence-electron chi connectivity index (χ3n) is 1.46. The van der Waals surface area contributed by atoms with Crippen LogP contribution in [0, 0.1) is 0 Å². The molecule has 0 bridgehead atoms. The minimum absolute atomic E-state index is 0.825. The van der Waals surface area contributed by atoms with E-state index >= 15 is 0 Å². The van der Waals surface area contributed by atoms with E-state index in [2.05, 4.69) is 5.10 Å². The Balaban J connectivity index is 2.14. The van der Waals surface area contributed by atoms with E-state index in [1.54, 1.807) is 17.1 Å². The van der Waals surface area contributed by atoms with E-state index in [-0.39, 0.29) is 0 Å². The normalized spacial score (nSPS) is 11.0. The van der Waals surface area contributed by atoms with Gasteiger partial charge >= 0.3 is 0 Å². The maximum atomic E-state index is 5.10. The van der Waals surface area contributed by atoms with Gasteiger partial charge in [-0.2, -0.15) is 5.10 Å². The van der Waals surface area contributed by atoms with Crippen LogP contribution in [0.5, 0.6) is 0 Å². The van der Waals surface area contributed by atoms with Crippen molar-refractivity contribution in [2.75, 3.05) is 0 Å². The van der Waals surface area contributed by atoms with Crippen LogP contribution in [-0.4, -0.2) is 9.78 Å². The van der Waals surface area contributed by atoms with Gasteiger partial charge < -0.3 is 4.42 Å². The highest BCUT2D eigenvalue weighted by Gasteiger charge is 1.86. The molecule has 60 valence electrons. The van der Waals surface area contributed by atoms with E-state index in [0.717, 1.165) is 5.76 Å². The lowest BCUT2D eigenvalue weighted by Crippen LogP contribution is -1.83. The van der Waals surface area contributed by atoms with E-state index in [9.17, 15) is 0 Å². The van der Waals surface area contributed by atoms with Crippen LogP contribution < -0.4 is 0 Å². The van der Waals surface area contributed by atoms with Crippen LogP contribution in [0.3, 0.4) is 0 Å². The third-order valence-corrected chi connectivity index (χ3v) is 1.46. The summed E-state index contributed by atoms with van der Waals surface area (Å²) in [6.07, 6.45) is 8.92. The van der Waals surface area contributed by atoms with E-state index in [1.165, 1.54) is 0 Å². The molecular weight excluding hydrogens is 152 g/mol. The van der Waals surface area contributed by atoms with Gasteiger partial charge in [-0.05, 0) is 24.3 Å². The highest BCUT2D eigenvalue weighted by Crippen LogP contribution is 2.02. The third kappa shape index (κ3) is 1.45. The van der Waals surface area contributed by atoms with Crippen LogP contribution in [0.15, 0.2) is 41.3 Å². The van der Waals surface area contributed by atoms with Gasteiger partial charge in [0.25, 0.3) is 0 Å². The fourth-order valence-corrected chi connectivity index (χ4v) is 0.905. The van der Waals surface area contributed by atoms with E-state index in [0.29, 0.717) is 0 Å². The molecule has 2 aromatic rings. The summed E-state index contributed by atoms with van der Waals surface area (Å²) in [5.74, 6) is 0.825. The molecule has 12 heavy (non-hydrogen) atoms. The summed E-state index contributed by atoms with van der Waals surface area (Å²) in [7, 11) is 0. The molecule has 0 atom stereocenters. The molecule has 3 heteroatoms. The molecule has 0 radical (unpaired) electrons. The zero-order valence-corrected chi connectivity index (χ0v) is 6.42. The van der Waals surface area contributed by atoms with Crippen molar-refractivity contribution in [3.05, 3.63) is 42.6 Å². The summed E-state index contributed by atoms with van der Waals surface area (Å²) in [6, 6.07) is 5.61. The lowest BCUT2D eigenvalue weighted by Gasteiger charge is -1.87. The second kappa shape index (κ2) is 3.09. The molecule has 0 aliphatic rings. The van der Waals surface area contributed by atoms with Crippen LogP contribution in [0.2, 0.25) is 0 Å². The van der Waals surface area contributed by atoms with Crippen molar-refractivity contribution in [2.24, 2.45) is 0 Å². The molecule has 0 aliphatic carbocycles. The Morgan fingerprint density at radius 3 is 3.08 bits per heavy atom. The number of hydrogen-bond donors (Lipinski definition) is 0. The van der Waals surface area contributed by atoms with Gasteiger partial charge in [0.05, 0.1) is 6.26 Å². The Morgan fingerprint density at radius 1 is 1.42 bits per heavy atom. The first-order chi connectivity index (χ1) is 5.95. The summed E-state index contributed by atoms with van der Waals surface area (Å²) in [5.41, 5.74) is 0. The molecule has 0 saturated heterocycles. The summed E-state index contributed by atoms with van der Waals surface area (Å²) < 4.78 is 6.81. The first-order valence-electron chi connectivity index (χ1n) is 3.66. The SMILES string of the molecule is C(=Cn1cccn1)c1ccco1. The van der Waals surface area contributed by atoms with Crippen LogP contribution in [0.4, 0.5) is 0 Å². The highest BCUT2D eigenvalue weighted by atomic mass is 16.3. The predicted octanol–water partition coefficient (Wildman–Crippen LogP) is 2.10. The molecule has 0 saturated carbocycles. The number of rotatable bonds is 2. The minimum Gasteiger partial charge on any atom is -0.465 e. The maximum Gasteiger partial charge on any atom is 0.128 e. The minimum atomic E-state index is 0.825. The zero-order valence-electron chi connectivity index (χ0n) is 6.42. The monoisotopic (exact) mass is 160 g/mol. The van der Waals surface area contributed by atoms with Crippen LogP contribution >= 0.6 is 0 Å². The molecule has 0 unspecified atom stereocenters. The molecule has 0 spiro atoms. The molecule has 2 aromatic heterocycles. The lowest BCUT2D eigenvalue weighted by atomic mass is 10.4. The van der Waals surface area contributed by atoms with Crippen molar-refractivity contribution in [3.63, 3.8) is 0 Å². The standard InChI is InChI=1S/C9H8N2O/c1-3-9(12-8-1)4-7-11-6-2-5-10-11/h1-8H. The summed E-state index contributed by atoms with van der Waals surface area (Å²) in [6.45, 7) is 0. The largest absolute Gasteiger partial charge is 0.465 e. The first-order valence-corrected chi connectivity index (χ1v) is 3.66. The fourth-order valence-electron chi connectivity index (χ4n) is 0.905. The van der Waals surface area contributed by atoms with Gasteiger partial charge in [0.1, 0.15) is 5.76 Å². The summed E-state index contributed by atoms with van der Waals surface area (Å²) in [5, 5.41) is 4.00. The Kier molecular flexibility index (Phi) is 1.78. The van der Waals surface area contributed by atoms with Gasteiger partial charge in [-0.3, -0.25) is 0 Å². The van der Waals surface area contributed by atoms with Crippen LogP contribution in [0.25, 0.3) is 12.3 Å². The zero-order chi connectivity index (χ0) is 8.23. The number of furan rings is 1. The van der Waals surface area contributed by atoms with Crippen molar-refractivity contribution in [3.8, 4) is 0 Å². The number of hydrogen-bond acceptors (Lipinski definition) is 2. The van der Waals surface area contributed by atoms with Gasteiger partial charge in [-0.1, -0.05) is 0 Å². The molecule has 2 heterocycles. The van der Waals surface area contributed by atoms with Crippen molar-refractivity contribution < 1.29 is 4.42 Å². The van der Waals surface area contributed by atoms with Crippen molar-refractivity contribution in [2.45, 2.75) is 0 Å². The van der Waals surface area contributed by atoms with Gasteiger partial charge in [-0.15, -0.1) is 0 Å². The lowest BCUT2D eigenvalue weighted by molar-refractivity contribution is 0.557. The quantitative estimate of drug-likeness (QED) is 0.673. The maximum absolute atomic E-state index is 5.10. The van der Waals surface area contributed by atoms with E-state index in [4.69, 9.17) is 4.42 Å². The molecule has 0 aliphatic heterocycles. The summed E-state index contributed by atoms with van der Waals surface area (Å²) in [4.78, 5) is 0. The van der Waals surface area contributed by atoms with Crippen LogP contribution in [0.1, 0.15) is 5.76 Å². The van der Waals surface area contributed by atoms with Crippen LogP contribution in [-0.2, 0) is 0 Å². The first kappa shape index (κ1) is 6.91. The van der Waals surface area contributed by atoms with E-state index < -0.39 is 0 Å². The van der Waals surface area contributed by atoms with Gasteiger partial charge in [0, 0.05) is 18.6 Å². The Bertz CT molecular complexity index is 310. The van der Waals surface area contributed by atoms with Gasteiger partial charge in [-0.25, -0.2) is 4.68 Å². The molecule has 2 rings (SSSR count). The highest BCUT2D eigenvalue weighted by molar-refractivity contribution is 5.55. The smallest absolute Gasteiger partial charge is 0.128 e. The molecular formula is C9H8N2O. The number of aromatic nitrogens is 2.